The predicted octanol–water partition coefficient (Wildman–Crippen LogP) is 9.70. The van der Waals surface area contributed by atoms with Crippen LogP contribution in [0.25, 0.3) is 43.2 Å². The number of nitrogens with one attached hydrogen (secondary N) is 2. The fourth-order valence-electron chi connectivity index (χ4n) is 13.1. The molecule has 84 heavy (non-hydrogen) atoms. The van der Waals surface area contributed by atoms with Crippen LogP contribution in [-0.2, 0) is 15.8 Å². The number of ether oxygens (including phenoxy) is 1. The van der Waals surface area contributed by atoms with E-state index in [1.165, 1.54) is 23.1 Å². The molecule has 1 spiro atoms. The number of nitrogens with two attached hydrogens (primary N) is 1. The molecule has 12 rings (SSSR count). The van der Waals surface area contributed by atoms with Crippen molar-refractivity contribution in [3.8, 4) is 34.3 Å². The monoisotopic (exact) mass is 1180 g/mol. The average Bonchev–Trinajstić information content (AvgIpc) is 1.34. The van der Waals surface area contributed by atoms with Crippen LogP contribution in [0.15, 0.2) is 71.3 Å². The van der Waals surface area contributed by atoms with Crippen molar-refractivity contribution < 1.29 is 54.7 Å². The van der Waals surface area contributed by atoms with Gasteiger partial charge in [0.1, 0.15) is 58.4 Å². The highest BCUT2D eigenvalue weighted by Gasteiger charge is 2.48. The number of β-amino-alcohol motifs (C(OH)–C–C–N with tert-alkyl or cyclic N) is 1. The molecule has 440 valence electrons. The van der Waals surface area contributed by atoms with Gasteiger partial charge in [-0.1, -0.05) is 55.4 Å². The van der Waals surface area contributed by atoms with E-state index in [-0.39, 0.29) is 97.9 Å². The standard InChI is InChI=1S/C60H60F7N11O5S/c1-30(2)47(57(81)78-27-36(79)21-44(78)56(80)70-31(3)32-7-9-33(10-8-32)48-41(61)5-4-6-42(48)62)45-23-46(74-83-45)77-28-59(29-77)15-17-75(18-16-59)19-20-82-58-72-52-38(55(73-58)76-25-34-11-12-35(26-76)71-34)22-40(60(65,66)67)50(51(52)64)37-13-14-43(63)53-49(37)39(24-68)54(69)84-53/h4-10,13-14,22-23,30-31,34-36,44,47,71,79H,11-12,15-21,25-29,69H2,1-3H3,(H,70,80)/t31-,34?,35?,36+,44-,47+/m0/s1. The number of rotatable bonds is 14. The Kier molecular flexibility index (Phi) is 15.0. The summed E-state index contributed by atoms with van der Waals surface area (Å²) in [5, 5.41) is 31.1. The molecule has 7 aromatic rings. The van der Waals surface area contributed by atoms with Crippen LogP contribution in [0.2, 0.25) is 0 Å². The molecule has 2 amide bonds. The van der Waals surface area contributed by atoms with Gasteiger partial charge in [-0.3, -0.25) is 14.5 Å². The number of aliphatic hydroxyl groups is 1. The van der Waals surface area contributed by atoms with Gasteiger partial charge in [-0.15, -0.1) is 11.3 Å². The van der Waals surface area contributed by atoms with Crippen molar-refractivity contribution in [1.29, 1.82) is 5.26 Å². The molecule has 2 bridgehead atoms. The number of benzene rings is 4. The number of anilines is 3. The Balaban J connectivity index is 0.694. The Morgan fingerprint density at radius 3 is 2.31 bits per heavy atom. The first kappa shape index (κ1) is 56.9. The molecule has 5 aliphatic heterocycles. The highest BCUT2D eigenvalue weighted by molar-refractivity contribution is 7.23. The van der Waals surface area contributed by atoms with Crippen molar-refractivity contribution in [1.82, 2.24) is 35.6 Å². The molecule has 2 unspecified atom stereocenters. The van der Waals surface area contributed by atoms with Gasteiger partial charge in [0.15, 0.2) is 17.4 Å². The maximum absolute atomic E-state index is 17.4. The highest BCUT2D eigenvalue weighted by atomic mass is 32.1. The number of aromatic nitrogens is 3. The molecule has 5 N–H and O–H groups in total. The third kappa shape index (κ3) is 10.5. The summed E-state index contributed by atoms with van der Waals surface area (Å²) >= 11 is 0.695. The van der Waals surface area contributed by atoms with E-state index in [0.29, 0.717) is 66.8 Å². The summed E-state index contributed by atoms with van der Waals surface area (Å²) in [6.45, 7) is 9.64. The van der Waals surface area contributed by atoms with Crippen LogP contribution < -0.4 is 30.9 Å². The van der Waals surface area contributed by atoms with E-state index >= 15 is 22.0 Å². The Hall–Kier alpha value is -7.59. The first-order valence-electron chi connectivity index (χ1n) is 28.1. The number of thiophene rings is 1. The van der Waals surface area contributed by atoms with Crippen LogP contribution in [0.3, 0.4) is 0 Å². The number of piperazine rings is 1. The fourth-order valence-corrected chi connectivity index (χ4v) is 14.1. The second-order valence-corrected chi connectivity index (χ2v) is 24.4. The number of alkyl halides is 3. The molecule has 0 radical (unpaired) electrons. The fraction of sp³-hybridized carbons (Fsp3) is 0.433. The first-order valence-corrected chi connectivity index (χ1v) is 28.9. The summed E-state index contributed by atoms with van der Waals surface area (Å²) in [5.41, 5.74) is 3.63. The summed E-state index contributed by atoms with van der Waals surface area (Å²) in [6.07, 6.45) is -2.60. The summed E-state index contributed by atoms with van der Waals surface area (Å²) in [6, 6.07) is 14.9. The number of hydrogen-bond donors (Lipinski definition) is 4. The molecule has 5 aliphatic rings. The van der Waals surface area contributed by atoms with Gasteiger partial charge in [-0.05, 0) is 92.6 Å². The van der Waals surface area contributed by atoms with E-state index in [1.807, 2.05) is 24.8 Å². The number of nitriles is 1. The van der Waals surface area contributed by atoms with E-state index in [1.54, 1.807) is 37.3 Å². The third-order valence-electron chi connectivity index (χ3n) is 17.5. The first-order chi connectivity index (χ1) is 40.2. The van der Waals surface area contributed by atoms with Crippen molar-refractivity contribution in [2.75, 3.05) is 74.5 Å². The van der Waals surface area contributed by atoms with Gasteiger partial charge in [0.05, 0.1) is 33.5 Å². The molecule has 4 aromatic carbocycles. The smallest absolute Gasteiger partial charge is 0.417 e. The summed E-state index contributed by atoms with van der Waals surface area (Å²) in [4.78, 5) is 44.9. The Morgan fingerprint density at radius 1 is 0.940 bits per heavy atom. The van der Waals surface area contributed by atoms with E-state index in [0.717, 1.165) is 57.0 Å². The number of carbonyl (C=O) groups excluding carboxylic acids is 2. The zero-order chi connectivity index (χ0) is 59.1. The number of hydrogen-bond acceptors (Lipinski definition) is 15. The van der Waals surface area contributed by atoms with Crippen LogP contribution in [0, 0.1) is 45.9 Å². The lowest BCUT2D eigenvalue weighted by molar-refractivity contribution is -0.141. The van der Waals surface area contributed by atoms with Gasteiger partial charge >= 0.3 is 12.2 Å². The van der Waals surface area contributed by atoms with Crippen LogP contribution in [0.4, 0.5) is 47.4 Å². The van der Waals surface area contributed by atoms with Crippen molar-refractivity contribution in [2.45, 2.75) is 95.2 Å². The Morgan fingerprint density at radius 2 is 1.64 bits per heavy atom. The van der Waals surface area contributed by atoms with E-state index < -0.39 is 76.1 Å². The van der Waals surface area contributed by atoms with Crippen LogP contribution >= 0.6 is 11.3 Å². The number of carbonyl (C=O) groups is 2. The van der Waals surface area contributed by atoms with Crippen LogP contribution in [-0.4, -0.2) is 125 Å². The van der Waals surface area contributed by atoms with E-state index in [9.17, 15) is 28.7 Å². The molecule has 6 atom stereocenters. The molecular formula is C60H60F7N11O5S. The minimum Gasteiger partial charge on any atom is -0.462 e. The lowest BCUT2D eigenvalue weighted by Gasteiger charge is -2.54. The number of halogens is 7. The number of nitrogens with zero attached hydrogens (tertiary/aromatic N) is 8. The van der Waals surface area contributed by atoms with E-state index in [2.05, 4.69) is 35.6 Å². The number of nitrogen functional groups attached to an aromatic ring is 1. The average molecular weight is 1180 g/mol. The van der Waals surface area contributed by atoms with Crippen molar-refractivity contribution in [3.05, 3.63) is 112 Å². The molecule has 16 nitrogen and oxygen atoms in total. The molecule has 5 saturated heterocycles. The number of aliphatic hydroxyl groups excluding tert-OH is 1. The molecular weight excluding hydrogens is 1120 g/mol. The van der Waals surface area contributed by atoms with Gasteiger partial charge in [0.25, 0.3) is 0 Å². The lowest BCUT2D eigenvalue weighted by Crippen LogP contribution is -2.60. The lowest BCUT2D eigenvalue weighted by atomic mass is 9.72. The van der Waals surface area contributed by atoms with Crippen LogP contribution in [0.5, 0.6) is 6.01 Å². The summed E-state index contributed by atoms with van der Waals surface area (Å²) in [7, 11) is 0. The third-order valence-corrected chi connectivity index (χ3v) is 18.5. The second-order valence-electron chi connectivity index (χ2n) is 23.3. The number of likely N-dealkylation sites (tertiary alicyclic amines) is 2. The number of fused-ring (bicyclic) bond motifs is 4. The SMILES string of the molecule is CC(C)[C@@H](C(=O)N1C[C@H](O)C[C@H]1C(=O)N[C@@H](C)c1ccc(-c2c(F)cccc2F)cc1)c1cc(N2CC3(CCN(CCOc4nc(N5CC6CCC(C5)N6)c5cc(C(F)(F)F)c(-c6ccc(F)c7sc(N)c(C#N)c67)c(F)c5n4)CC3)C2)no1. The van der Waals surface area contributed by atoms with Gasteiger partial charge in [0.2, 0.25) is 11.8 Å². The quantitative estimate of drug-likeness (QED) is 0.0750. The minimum atomic E-state index is -5.09. The van der Waals surface area contributed by atoms with Gasteiger partial charge in [-0.2, -0.15) is 28.4 Å². The van der Waals surface area contributed by atoms with Crippen molar-refractivity contribution >= 4 is 60.8 Å². The van der Waals surface area contributed by atoms with E-state index in [4.69, 9.17) is 15.0 Å². The van der Waals surface area contributed by atoms with Gasteiger partial charge < -0.3 is 45.4 Å². The predicted molar refractivity (Wildman–Crippen MR) is 301 cm³/mol. The molecule has 0 aliphatic carbocycles. The molecule has 0 saturated carbocycles. The van der Waals surface area contributed by atoms with Crippen LogP contribution in [0.1, 0.15) is 87.3 Å². The number of piperidine rings is 1. The number of amides is 2. The van der Waals surface area contributed by atoms with Crippen molar-refractivity contribution in [2.24, 2.45) is 11.3 Å². The van der Waals surface area contributed by atoms with Crippen molar-refractivity contribution in [3.63, 3.8) is 0 Å². The maximum Gasteiger partial charge on any atom is 0.417 e. The zero-order valence-electron chi connectivity index (χ0n) is 46.1. The molecule has 8 heterocycles. The topological polar surface area (TPSA) is 202 Å². The zero-order valence-corrected chi connectivity index (χ0v) is 46.9. The highest BCUT2D eigenvalue weighted by Crippen LogP contribution is 2.49. The molecule has 3 aromatic heterocycles. The molecule has 24 heteroatoms. The second kappa shape index (κ2) is 22.1. The summed E-state index contributed by atoms with van der Waals surface area (Å²) in [5.74, 6) is -4.43. The van der Waals surface area contributed by atoms with Gasteiger partial charge in [0, 0.05) is 85.6 Å². The minimum absolute atomic E-state index is 0.0185. The summed E-state index contributed by atoms with van der Waals surface area (Å²) < 4.78 is 119. The Bertz CT molecular complexity index is 3710. The Labute approximate surface area is 482 Å². The maximum atomic E-state index is 17.4. The normalized spacial score (nSPS) is 21.3. The van der Waals surface area contributed by atoms with Gasteiger partial charge in [-0.25, -0.2) is 17.6 Å². The molecule has 5 fully saturated rings. The largest absolute Gasteiger partial charge is 0.462 e.